The zero-order valence-corrected chi connectivity index (χ0v) is 12.9. The number of amides is 1. The molecule has 2 N–H and O–H groups in total. The van der Waals surface area contributed by atoms with Crippen molar-refractivity contribution in [3.05, 3.63) is 35.9 Å². The van der Waals surface area contributed by atoms with Crippen molar-refractivity contribution in [1.82, 2.24) is 5.32 Å². The molecular weight excluding hydrogens is 286 g/mol. The second-order valence-electron chi connectivity index (χ2n) is 5.45. The van der Waals surface area contributed by atoms with Crippen LogP contribution < -0.4 is 5.32 Å². The van der Waals surface area contributed by atoms with Gasteiger partial charge in [0.1, 0.15) is 18.2 Å². The van der Waals surface area contributed by atoms with E-state index in [0.717, 1.165) is 5.56 Å². The van der Waals surface area contributed by atoms with E-state index in [2.05, 4.69) is 5.32 Å². The highest BCUT2D eigenvalue weighted by molar-refractivity contribution is 5.81. The third-order valence-electron chi connectivity index (χ3n) is 2.59. The Morgan fingerprint density at radius 1 is 1.36 bits per heavy atom. The topological polar surface area (TPSA) is 84.9 Å². The van der Waals surface area contributed by atoms with Crippen molar-refractivity contribution in [2.75, 3.05) is 6.61 Å². The molecule has 1 atom stereocenters. The van der Waals surface area contributed by atoms with Crippen molar-refractivity contribution >= 4 is 12.1 Å². The van der Waals surface area contributed by atoms with Gasteiger partial charge in [-0.05, 0) is 26.3 Å². The molecule has 0 heterocycles. The zero-order valence-electron chi connectivity index (χ0n) is 13.9. The van der Waals surface area contributed by atoms with Crippen LogP contribution in [-0.2, 0) is 20.9 Å². The molecule has 1 rings (SSSR count). The van der Waals surface area contributed by atoms with Crippen LogP contribution in [0.2, 0.25) is 0 Å². The quantitative estimate of drug-likeness (QED) is 0.785. The van der Waals surface area contributed by atoms with Gasteiger partial charge >= 0.3 is 12.1 Å². The number of alkyl carbamates (subject to hydrolysis) is 1. The Morgan fingerprint density at radius 2 is 2.05 bits per heavy atom. The van der Waals surface area contributed by atoms with Crippen LogP contribution in [0.5, 0.6) is 0 Å². The predicted octanol–water partition coefficient (Wildman–Crippen LogP) is 2.01. The van der Waals surface area contributed by atoms with E-state index in [1.165, 1.54) is 0 Å². The fraction of sp³-hybridized carbons (Fsp3) is 0.500. The van der Waals surface area contributed by atoms with E-state index in [9.17, 15) is 9.59 Å². The SMILES string of the molecule is [2H]CC(C)(C)OC(=O)N[C@@H](CCO)C(=O)OCc1ccccc1. The molecular formula is C16H23NO5. The first kappa shape index (κ1) is 16.3. The lowest BCUT2D eigenvalue weighted by molar-refractivity contribution is -0.148. The molecule has 1 amide bonds. The van der Waals surface area contributed by atoms with E-state index in [4.69, 9.17) is 16.0 Å². The number of carbonyl (C=O) groups excluding carboxylic acids is 2. The average Bonchev–Trinajstić information content (AvgIpc) is 2.52. The molecule has 122 valence electrons. The molecule has 22 heavy (non-hydrogen) atoms. The summed E-state index contributed by atoms with van der Waals surface area (Å²) in [4.78, 5) is 23.8. The first-order chi connectivity index (χ1) is 10.9. The monoisotopic (exact) mass is 310 g/mol. The van der Waals surface area contributed by atoms with E-state index >= 15 is 0 Å². The van der Waals surface area contributed by atoms with Crippen molar-refractivity contribution in [1.29, 1.82) is 0 Å². The summed E-state index contributed by atoms with van der Waals surface area (Å²) in [5.74, 6) is -0.650. The second-order valence-corrected chi connectivity index (χ2v) is 5.45. The predicted molar refractivity (Wildman–Crippen MR) is 81.1 cm³/mol. The molecule has 0 aliphatic carbocycles. The minimum Gasteiger partial charge on any atom is -0.459 e. The maximum Gasteiger partial charge on any atom is 0.408 e. The summed E-state index contributed by atoms with van der Waals surface area (Å²) >= 11 is 0. The lowest BCUT2D eigenvalue weighted by Gasteiger charge is -2.22. The maximum atomic E-state index is 12.0. The third kappa shape index (κ3) is 7.08. The first-order valence-electron chi connectivity index (χ1n) is 7.69. The molecule has 1 aromatic carbocycles. The highest BCUT2D eigenvalue weighted by Gasteiger charge is 2.25. The highest BCUT2D eigenvalue weighted by Crippen LogP contribution is 2.08. The lowest BCUT2D eigenvalue weighted by atomic mass is 10.2. The number of carbonyl (C=O) groups is 2. The maximum absolute atomic E-state index is 12.0. The van der Waals surface area contributed by atoms with Gasteiger partial charge in [0, 0.05) is 14.4 Å². The standard InChI is InChI=1S/C16H23NO5/c1-16(2,3)22-15(20)17-13(9-10-18)14(19)21-11-12-7-5-4-6-8-12/h4-8,13,18H,9-11H2,1-3H3,(H,17,20)/t13-/m0/s1/i1D. The summed E-state index contributed by atoms with van der Waals surface area (Å²) in [7, 11) is 0. The van der Waals surface area contributed by atoms with Gasteiger partial charge in [-0.15, -0.1) is 0 Å². The Balaban J connectivity index is 2.55. The van der Waals surface area contributed by atoms with Crippen molar-refractivity contribution in [3.63, 3.8) is 0 Å². The Labute approximate surface area is 131 Å². The van der Waals surface area contributed by atoms with Crippen molar-refractivity contribution in [2.24, 2.45) is 0 Å². The van der Waals surface area contributed by atoms with Gasteiger partial charge < -0.3 is 19.9 Å². The largest absolute Gasteiger partial charge is 0.459 e. The molecule has 0 aromatic heterocycles. The number of nitrogens with one attached hydrogen (secondary N) is 1. The number of aliphatic hydroxyl groups excluding tert-OH is 1. The molecule has 6 heteroatoms. The van der Waals surface area contributed by atoms with Gasteiger partial charge in [-0.2, -0.15) is 0 Å². The molecule has 0 aliphatic rings. The molecule has 0 spiro atoms. The third-order valence-corrected chi connectivity index (χ3v) is 2.59. The van der Waals surface area contributed by atoms with Gasteiger partial charge in [-0.25, -0.2) is 9.59 Å². The van der Waals surface area contributed by atoms with Crippen molar-refractivity contribution in [3.8, 4) is 0 Å². The molecule has 0 aliphatic heterocycles. The van der Waals surface area contributed by atoms with Gasteiger partial charge in [0.2, 0.25) is 0 Å². The molecule has 6 nitrogen and oxygen atoms in total. The van der Waals surface area contributed by atoms with Crippen molar-refractivity contribution < 1.29 is 25.5 Å². The number of ether oxygens (including phenoxy) is 2. The number of benzene rings is 1. The number of esters is 1. The number of aliphatic hydroxyl groups is 1. The minimum atomic E-state index is -1.00. The fourth-order valence-corrected chi connectivity index (χ4v) is 1.63. The van der Waals surface area contributed by atoms with E-state index in [1.54, 1.807) is 13.8 Å². The van der Waals surface area contributed by atoms with E-state index < -0.39 is 23.7 Å². The van der Waals surface area contributed by atoms with Crippen LogP contribution in [0.15, 0.2) is 30.3 Å². The summed E-state index contributed by atoms with van der Waals surface area (Å²) in [6, 6.07) is 8.13. The van der Waals surface area contributed by atoms with E-state index in [-0.39, 0.29) is 26.5 Å². The Hall–Kier alpha value is -2.08. The number of hydrogen-bond acceptors (Lipinski definition) is 5. The molecule has 0 radical (unpaired) electrons. The Morgan fingerprint density at radius 3 is 2.64 bits per heavy atom. The number of rotatable bonds is 6. The lowest BCUT2D eigenvalue weighted by Crippen LogP contribution is -2.44. The normalized spacial score (nSPS) is 13.0. The summed E-state index contributed by atoms with van der Waals surface area (Å²) < 4.78 is 17.5. The van der Waals surface area contributed by atoms with Crippen LogP contribution in [0.1, 0.15) is 34.1 Å². The molecule has 0 saturated heterocycles. The van der Waals surface area contributed by atoms with Gasteiger partial charge in [-0.3, -0.25) is 0 Å². The Kier molecular flexibility index (Phi) is 6.21. The van der Waals surface area contributed by atoms with Crippen LogP contribution in [-0.4, -0.2) is 35.4 Å². The average molecular weight is 310 g/mol. The van der Waals surface area contributed by atoms with Gasteiger partial charge in [0.25, 0.3) is 0 Å². The minimum absolute atomic E-state index is 0.0179. The summed E-state index contributed by atoms with van der Waals surface area (Å²) in [6.45, 7) is 2.87. The molecule has 1 aromatic rings. The molecule has 0 unspecified atom stereocenters. The van der Waals surface area contributed by atoms with E-state index in [1.807, 2.05) is 30.3 Å². The van der Waals surface area contributed by atoms with Crippen LogP contribution >= 0.6 is 0 Å². The summed E-state index contributed by atoms with van der Waals surface area (Å²) in [6.07, 6.45) is -0.804. The van der Waals surface area contributed by atoms with Gasteiger partial charge in [0.15, 0.2) is 0 Å². The van der Waals surface area contributed by atoms with Gasteiger partial charge in [-0.1, -0.05) is 30.3 Å². The summed E-state index contributed by atoms with van der Waals surface area (Å²) in [5.41, 5.74) is -0.136. The zero-order chi connectivity index (χ0) is 17.3. The number of hydrogen-bond donors (Lipinski definition) is 2. The highest BCUT2D eigenvalue weighted by atomic mass is 16.6. The molecule has 0 fully saturated rings. The smallest absolute Gasteiger partial charge is 0.408 e. The fourth-order valence-electron chi connectivity index (χ4n) is 1.63. The van der Waals surface area contributed by atoms with Gasteiger partial charge in [0.05, 0.1) is 0 Å². The van der Waals surface area contributed by atoms with Crippen LogP contribution in [0.3, 0.4) is 0 Å². The molecule has 0 bridgehead atoms. The van der Waals surface area contributed by atoms with Crippen LogP contribution in [0.25, 0.3) is 0 Å². The summed E-state index contributed by atoms with van der Waals surface area (Å²) in [5, 5.41) is 11.4. The Bertz CT molecular complexity index is 506. The van der Waals surface area contributed by atoms with Crippen LogP contribution in [0.4, 0.5) is 4.79 Å². The molecule has 0 saturated carbocycles. The van der Waals surface area contributed by atoms with Crippen molar-refractivity contribution in [2.45, 2.75) is 45.4 Å². The second kappa shape index (κ2) is 8.38. The first-order valence-corrected chi connectivity index (χ1v) is 6.98. The van der Waals surface area contributed by atoms with Crippen LogP contribution in [0, 0.1) is 0 Å². The van der Waals surface area contributed by atoms with E-state index in [0.29, 0.717) is 0 Å².